The minimum absolute atomic E-state index is 0.0753. The largest absolute Gasteiger partial charge is 0.466 e. The Morgan fingerprint density at radius 3 is 2.82 bits per heavy atom. The molecule has 1 rings (SSSR count). The normalized spacial score (nSPS) is 25.8. The van der Waals surface area contributed by atoms with Crippen molar-refractivity contribution in [1.29, 1.82) is 0 Å². The first-order valence-corrected chi connectivity index (χ1v) is 6.79. The van der Waals surface area contributed by atoms with E-state index in [2.05, 4.69) is 11.8 Å². The summed E-state index contributed by atoms with van der Waals surface area (Å²) < 4.78 is 4.95. The first kappa shape index (κ1) is 14.5. The molecule has 0 aliphatic carbocycles. The smallest absolute Gasteiger partial charge is 0.305 e. The Hall–Kier alpha value is -0.610. The molecule has 1 fully saturated rings. The molecule has 1 aliphatic heterocycles. The average Bonchev–Trinajstić information content (AvgIpc) is 2.26. The molecule has 4 heteroatoms. The summed E-state index contributed by atoms with van der Waals surface area (Å²) >= 11 is 0. The number of hydrogen-bond donors (Lipinski definition) is 1. The van der Waals surface area contributed by atoms with E-state index < -0.39 is 0 Å². The van der Waals surface area contributed by atoms with Crippen molar-refractivity contribution in [2.75, 3.05) is 26.2 Å². The van der Waals surface area contributed by atoms with Crippen molar-refractivity contribution >= 4 is 5.97 Å². The summed E-state index contributed by atoms with van der Waals surface area (Å²) in [5.74, 6) is 0.475. The molecule has 0 amide bonds. The minimum Gasteiger partial charge on any atom is -0.466 e. The zero-order valence-corrected chi connectivity index (χ0v) is 11.2. The van der Waals surface area contributed by atoms with Crippen molar-refractivity contribution < 1.29 is 9.53 Å². The fraction of sp³-hybridized carbons (Fsp3) is 0.923. The van der Waals surface area contributed by atoms with Gasteiger partial charge in [0.05, 0.1) is 6.61 Å². The van der Waals surface area contributed by atoms with Gasteiger partial charge in [-0.15, -0.1) is 0 Å². The van der Waals surface area contributed by atoms with Crippen LogP contribution in [0.25, 0.3) is 0 Å². The van der Waals surface area contributed by atoms with E-state index in [4.69, 9.17) is 10.5 Å². The number of ether oxygens (including phenoxy) is 1. The van der Waals surface area contributed by atoms with Crippen LogP contribution in [0.5, 0.6) is 0 Å². The summed E-state index contributed by atoms with van der Waals surface area (Å²) in [4.78, 5) is 13.7. The van der Waals surface area contributed by atoms with Crippen LogP contribution in [0, 0.1) is 5.92 Å². The molecule has 0 aromatic rings. The lowest BCUT2D eigenvalue weighted by Crippen LogP contribution is -2.47. The molecule has 0 spiro atoms. The quantitative estimate of drug-likeness (QED) is 0.715. The predicted molar refractivity (Wildman–Crippen MR) is 68.7 cm³/mol. The fourth-order valence-corrected chi connectivity index (χ4v) is 2.61. The van der Waals surface area contributed by atoms with Crippen LogP contribution < -0.4 is 5.73 Å². The number of hydrogen-bond acceptors (Lipinski definition) is 4. The van der Waals surface area contributed by atoms with Crippen molar-refractivity contribution in [2.24, 2.45) is 11.7 Å². The van der Waals surface area contributed by atoms with Gasteiger partial charge in [0.1, 0.15) is 0 Å². The van der Waals surface area contributed by atoms with Crippen molar-refractivity contribution in [3.8, 4) is 0 Å². The molecule has 0 saturated carbocycles. The Morgan fingerprint density at radius 2 is 2.18 bits per heavy atom. The first-order chi connectivity index (χ1) is 8.15. The maximum absolute atomic E-state index is 11.3. The maximum Gasteiger partial charge on any atom is 0.305 e. The molecule has 0 aromatic carbocycles. The number of esters is 1. The Kier molecular flexibility index (Phi) is 6.52. The van der Waals surface area contributed by atoms with E-state index in [0.29, 0.717) is 18.9 Å². The highest BCUT2D eigenvalue weighted by Gasteiger charge is 2.24. The van der Waals surface area contributed by atoms with Gasteiger partial charge in [0.25, 0.3) is 0 Å². The summed E-state index contributed by atoms with van der Waals surface area (Å²) in [6, 6.07) is 0.266. The van der Waals surface area contributed by atoms with Gasteiger partial charge in [0, 0.05) is 25.6 Å². The highest BCUT2D eigenvalue weighted by molar-refractivity contribution is 5.69. The van der Waals surface area contributed by atoms with Crippen LogP contribution in [-0.2, 0) is 9.53 Å². The SMILES string of the molecule is CCCN1CC(N)CC(CCC(=O)OCC)C1. The standard InChI is InChI=1S/C13H26N2O2/c1-3-7-15-9-11(8-12(14)10-15)5-6-13(16)17-4-2/h11-12H,3-10,14H2,1-2H3. The Balaban J connectivity index is 2.29. The third kappa shape index (κ3) is 5.50. The van der Waals surface area contributed by atoms with E-state index in [1.165, 1.54) is 0 Å². The van der Waals surface area contributed by atoms with Gasteiger partial charge in [0.2, 0.25) is 0 Å². The molecular formula is C13H26N2O2. The van der Waals surface area contributed by atoms with Crippen LogP contribution >= 0.6 is 0 Å². The molecule has 2 N–H and O–H groups in total. The van der Waals surface area contributed by atoms with Gasteiger partial charge < -0.3 is 15.4 Å². The van der Waals surface area contributed by atoms with Gasteiger partial charge >= 0.3 is 5.97 Å². The van der Waals surface area contributed by atoms with Gasteiger partial charge in [-0.2, -0.15) is 0 Å². The van der Waals surface area contributed by atoms with Gasteiger partial charge in [0.15, 0.2) is 0 Å². The predicted octanol–water partition coefficient (Wildman–Crippen LogP) is 1.39. The molecule has 0 bridgehead atoms. The van der Waals surface area contributed by atoms with E-state index in [0.717, 1.165) is 38.9 Å². The van der Waals surface area contributed by atoms with E-state index in [9.17, 15) is 4.79 Å². The molecule has 1 saturated heterocycles. The molecule has 100 valence electrons. The van der Waals surface area contributed by atoms with Gasteiger partial charge in [-0.05, 0) is 38.6 Å². The highest BCUT2D eigenvalue weighted by atomic mass is 16.5. The van der Waals surface area contributed by atoms with Crippen LogP contribution in [0.3, 0.4) is 0 Å². The Bertz CT molecular complexity index is 233. The lowest BCUT2D eigenvalue weighted by Gasteiger charge is -2.36. The number of carbonyl (C=O) groups is 1. The Morgan fingerprint density at radius 1 is 1.41 bits per heavy atom. The van der Waals surface area contributed by atoms with Crippen LogP contribution in [-0.4, -0.2) is 43.2 Å². The highest BCUT2D eigenvalue weighted by Crippen LogP contribution is 2.20. The summed E-state index contributed by atoms with van der Waals surface area (Å²) in [5, 5.41) is 0. The number of carbonyl (C=O) groups excluding carboxylic acids is 1. The topological polar surface area (TPSA) is 55.6 Å². The number of nitrogens with zero attached hydrogens (tertiary/aromatic N) is 1. The molecule has 2 unspecified atom stereocenters. The number of nitrogens with two attached hydrogens (primary N) is 1. The second-order valence-corrected chi connectivity index (χ2v) is 4.97. The summed E-state index contributed by atoms with van der Waals surface area (Å²) in [6.45, 7) is 7.71. The Labute approximate surface area is 104 Å². The van der Waals surface area contributed by atoms with Crippen molar-refractivity contribution in [3.63, 3.8) is 0 Å². The lowest BCUT2D eigenvalue weighted by atomic mass is 9.90. The summed E-state index contributed by atoms with van der Waals surface area (Å²) in [6.07, 6.45) is 3.65. The van der Waals surface area contributed by atoms with Gasteiger partial charge in [-0.3, -0.25) is 4.79 Å². The average molecular weight is 242 g/mol. The van der Waals surface area contributed by atoms with E-state index in [1.54, 1.807) is 0 Å². The van der Waals surface area contributed by atoms with Crippen molar-refractivity contribution in [2.45, 2.75) is 45.6 Å². The fourth-order valence-electron chi connectivity index (χ4n) is 2.61. The molecule has 4 nitrogen and oxygen atoms in total. The number of rotatable bonds is 6. The molecule has 1 heterocycles. The number of likely N-dealkylation sites (tertiary alicyclic amines) is 1. The third-order valence-electron chi connectivity index (χ3n) is 3.25. The molecule has 2 atom stereocenters. The third-order valence-corrected chi connectivity index (χ3v) is 3.25. The zero-order chi connectivity index (χ0) is 12.7. The van der Waals surface area contributed by atoms with Crippen LogP contribution in [0.2, 0.25) is 0 Å². The molecule has 0 radical (unpaired) electrons. The van der Waals surface area contributed by atoms with Gasteiger partial charge in [-0.1, -0.05) is 6.92 Å². The van der Waals surface area contributed by atoms with Crippen molar-refractivity contribution in [3.05, 3.63) is 0 Å². The summed E-state index contributed by atoms with van der Waals surface area (Å²) in [5.41, 5.74) is 6.05. The zero-order valence-electron chi connectivity index (χ0n) is 11.2. The van der Waals surface area contributed by atoms with E-state index in [-0.39, 0.29) is 12.0 Å². The second kappa shape index (κ2) is 7.67. The second-order valence-electron chi connectivity index (χ2n) is 4.97. The van der Waals surface area contributed by atoms with Gasteiger partial charge in [-0.25, -0.2) is 0 Å². The number of piperidine rings is 1. The summed E-state index contributed by atoms with van der Waals surface area (Å²) in [7, 11) is 0. The molecular weight excluding hydrogens is 216 g/mol. The first-order valence-electron chi connectivity index (χ1n) is 6.79. The monoisotopic (exact) mass is 242 g/mol. The van der Waals surface area contributed by atoms with Crippen LogP contribution in [0.1, 0.15) is 39.5 Å². The van der Waals surface area contributed by atoms with Crippen LogP contribution in [0.4, 0.5) is 0 Å². The molecule has 1 aliphatic rings. The lowest BCUT2D eigenvalue weighted by molar-refractivity contribution is -0.143. The van der Waals surface area contributed by atoms with Crippen molar-refractivity contribution in [1.82, 2.24) is 4.90 Å². The maximum atomic E-state index is 11.3. The van der Waals surface area contributed by atoms with Crippen LogP contribution in [0.15, 0.2) is 0 Å². The van der Waals surface area contributed by atoms with E-state index >= 15 is 0 Å². The van der Waals surface area contributed by atoms with E-state index in [1.807, 2.05) is 6.92 Å². The molecule has 17 heavy (non-hydrogen) atoms. The molecule has 0 aromatic heterocycles. The minimum atomic E-state index is -0.0753.